The van der Waals surface area contributed by atoms with Crippen LogP contribution in [-0.2, 0) is 9.53 Å². The van der Waals surface area contributed by atoms with Crippen molar-refractivity contribution in [3.8, 4) is 0 Å². The van der Waals surface area contributed by atoms with Gasteiger partial charge in [0.15, 0.2) is 0 Å². The van der Waals surface area contributed by atoms with Crippen LogP contribution in [0.5, 0.6) is 0 Å². The number of rotatable bonds is 5. The molecule has 0 N–H and O–H groups in total. The number of hydrogen-bond acceptors (Lipinski definition) is 6. The molecule has 0 atom stereocenters. The second-order valence-corrected chi connectivity index (χ2v) is 3.50. The third-order valence-electron chi connectivity index (χ3n) is 2.19. The zero-order valence-electron chi connectivity index (χ0n) is 9.94. The normalized spacial score (nSPS) is 10.9. The van der Waals surface area contributed by atoms with Crippen molar-refractivity contribution in [3.05, 3.63) is 55.6 Å². The lowest BCUT2D eigenvalue weighted by atomic mass is 10.1. The van der Waals surface area contributed by atoms with Crippen LogP contribution in [0.3, 0.4) is 0 Å². The first kappa shape index (κ1) is 14.3. The highest BCUT2D eigenvalue weighted by Crippen LogP contribution is 2.15. The lowest BCUT2D eigenvalue weighted by molar-refractivity contribution is -0.470. The van der Waals surface area contributed by atoms with E-state index in [1.54, 1.807) is 0 Å². The van der Waals surface area contributed by atoms with Gasteiger partial charge in [0.05, 0.1) is 12.0 Å². The summed E-state index contributed by atoms with van der Waals surface area (Å²) >= 11 is 0. The van der Waals surface area contributed by atoms with Crippen molar-refractivity contribution in [3.63, 3.8) is 0 Å². The molecule has 0 aliphatic carbocycles. The largest absolute Gasteiger partial charge is 0.465 e. The summed E-state index contributed by atoms with van der Waals surface area (Å²) in [7, 11) is 1.12. The van der Waals surface area contributed by atoms with Gasteiger partial charge >= 0.3 is 5.97 Å². The Balaban J connectivity index is 3.03. The molecule has 0 fully saturated rings. The van der Waals surface area contributed by atoms with Gasteiger partial charge in [-0.1, -0.05) is 0 Å². The first-order chi connectivity index (χ1) is 8.93. The molecule has 0 saturated heterocycles. The molecule has 1 rings (SSSR count). The quantitative estimate of drug-likeness (QED) is 0.345. The molecule has 0 aliphatic heterocycles. The molecule has 0 radical (unpaired) electrons. The lowest BCUT2D eigenvalue weighted by Crippen LogP contribution is -2.14. The molecule has 0 aliphatic rings. The highest BCUT2D eigenvalue weighted by Gasteiger charge is 2.16. The molecule has 0 spiro atoms. The zero-order chi connectivity index (χ0) is 14.4. The number of nitro benzene ring substituents is 1. The number of methoxy groups -OCH3 is 1. The van der Waals surface area contributed by atoms with Gasteiger partial charge in [0.1, 0.15) is 5.57 Å². The summed E-state index contributed by atoms with van der Waals surface area (Å²) in [5.74, 6) is -0.810. The van der Waals surface area contributed by atoms with Crippen molar-refractivity contribution in [2.45, 2.75) is 0 Å². The third-order valence-corrected chi connectivity index (χ3v) is 2.19. The maximum Gasteiger partial charge on any atom is 0.340 e. The van der Waals surface area contributed by atoms with Gasteiger partial charge in [0, 0.05) is 17.1 Å². The molecule has 1 aromatic carbocycles. The average molecular weight is 266 g/mol. The van der Waals surface area contributed by atoms with Crippen LogP contribution < -0.4 is 0 Å². The second kappa shape index (κ2) is 6.24. The molecular weight excluding hydrogens is 256 g/mol. The Hall–Kier alpha value is -2.77. The molecular formula is C11H10N2O6. The zero-order valence-corrected chi connectivity index (χ0v) is 9.94. The number of carbonyl (C=O) groups excluding carboxylic acids is 1. The summed E-state index contributed by atoms with van der Waals surface area (Å²) in [6.07, 6.45) is 1.26. The maximum absolute atomic E-state index is 11.3. The highest BCUT2D eigenvalue weighted by molar-refractivity contribution is 5.93. The first-order valence-electron chi connectivity index (χ1n) is 5.09. The van der Waals surface area contributed by atoms with Crippen molar-refractivity contribution in [2.75, 3.05) is 13.7 Å². The number of nitrogens with zero attached hydrogens (tertiary/aromatic N) is 2. The summed E-state index contributed by atoms with van der Waals surface area (Å²) in [5.41, 5.74) is 0.195. The summed E-state index contributed by atoms with van der Waals surface area (Å²) < 4.78 is 4.43. The Labute approximate surface area is 107 Å². The molecule has 0 unspecified atom stereocenters. The molecule has 8 heteroatoms. The van der Waals surface area contributed by atoms with Crippen molar-refractivity contribution in [1.82, 2.24) is 0 Å². The fraction of sp³-hybridized carbons (Fsp3) is 0.182. The van der Waals surface area contributed by atoms with Crippen LogP contribution in [-0.4, -0.2) is 29.5 Å². The van der Waals surface area contributed by atoms with E-state index in [2.05, 4.69) is 4.74 Å². The van der Waals surface area contributed by atoms with E-state index in [0.29, 0.717) is 5.56 Å². The van der Waals surface area contributed by atoms with E-state index in [1.807, 2.05) is 0 Å². The summed E-state index contributed by atoms with van der Waals surface area (Å²) in [6.45, 7) is -0.677. The fourth-order valence-electron chi connectivity index (χ4n) is 1.33. The standard InChI is InChI=1S/C11H10N2O6/c1-19-11(14)9(7-12(15)16)6-8-2-4-10(5-3-8)13(17)18/h2-6H,7H2,1H3/b9-6+. The van der Waals surface area contributed by atoms with E-state index < -0.39 is 22.4 Å². The van der Waals surface area contributed by atoms with Crippen molar-refractivity contribution >= 4 is 17.7 Å². The molecule has 8 nitrogen and oxygen atoms in total. The number of non-ortho nitro benzene ring substituents is 1. The Morgan fingerprint density at radius 1 is 1.26 bits per heavy atom. The second-order valence-electron chi connectivity index (χ2n) is 3.50. The molecule has 0 saturated carbocycles. The third kappa shape index (κ3) is 4.19. The number of hydrogen-bond donors (Lipinski definition) is 0. The molecule has 100 valence electrons. The van der Waals surface area contributed by atoms with Crippen molar-refractivity contribution in [2.24, 2.45) is 0 Å². The summed E-state index contributed by atoms with van der Waals surface area (Å²) in [5, 5.41) is 20.9. The Bertz CT molecular complexity index is 535. The number of benzene rings is 1. The van der Waals surface area contributed by atoms with E-state index >= 15 is 0 Å². The first-order valence-corrected chi connectivity index (χ1v) is 5.09. The van der Waals surface area contributed by atoms with Gasteiger partial charge in [-0.05, 0) is 23.8 Å². The minimum atomic E-state index is -0.810. The smallest absolute Gasteiger partial charge is 0.340 e. The Morgan fingerprint density at radius 2 is 1.84 bits per heavy atom. The van der Waals surface area contributed by atoms with E-state index in [1.165, 1.54) is 30.3 Å². The van der Waals surface area contributed by atoms with E-state index in [0.717, 1.165) is 7.11 Å². The lowest BCUT2D eigenvalue weighted by Gasteiger charge is -2.01. The number of ether oxygens (including phenoxy) is 1. The van der Waals surface area contributed by atoms with Crippen molar-refractivity contribution < 1.29 is 19.4 Å². The van der Waals surface area contributed by atoms with Gasteiger partial charge < -0.3 is 4.74 Å². The van der Waals surface area contributed by atoms with Crippen LogP contribution >= 0.6 is 0 Å². The molecule has 0 bridgehead atoms. The van der Waals surface area contributed by atoms with Gasteiger partial charge in [-0.3, -0.25) is 20.2 Å². The molecule has 0 amide bonds. The predicted octanol–water partition coefficient (Wildman–Crippen LogP) is 1.43. The fourth-order valence-corrected chi connectivity index (χ4v) is 1.33. The molecule has 1 aromatic rings. The summed E-state index contributed by atoms with van der Waals surface area (Å²) in [4.78, 5) is 31.0. The van der Waals surface area contributed by atoms with E-state index in [-0.39, 0.29) is 11.3 Å². The molecule has 0 heterocycles. The van der Waals surface area contributed by atoms with E-state index in [9.17, 15) is 25.0 Å². The number of nitro groups is 2. The van der Waals surface area contributed by atoms with Crippen LogP contribution in [0.1, 0.15) is 5.56 Å². The van der Waals surface area contributed by atoms with Gasteiger partial charge in [0.2, 0.25) is 6.54 Å². The van der Waals surface area contributed by atoms with Crippen LogP contribution in [0.15, 0.2) is 29.8 Å². The molecule has 19 heavy (non-hydrogen) atoms. The highest BCUT2D eigenvalue weighted by atomic mass is 16.6. The van der Waals surface area contributed by atoms with Gasteiger partial charge in [-0.15, -0.1) is 0 Å². The summed E-state index contributed by atoms with van der Waals surface area (Å²) in [6, 6.07) is 5.27. The van der Waals surface area contributed by atoms with Gasteiger partial charge in [0.25, 0.3) is 5.69 Å². The Morgan fingerprint density at radius 3 is 2.26 bits per heavy atom. The number of esters is 1. The monoisotopic (exact) mass is 266 g/mol. The van der Waals surface area contributed by atoms with Crippen LogP contribution in [0.4, 0.5) is 5.69 Å². The van der Waals surface area contributed by atoms with E-state index in [4.69, 9.17) is 0 Å². The van der Waals surface area contributed by atoms with Crippen LogP contribution in [0.25, 0.3) is 6.08 Å². The van der Waals surface area contributed by atoms with Crippen LogP contribution in [0, 0.1) is 20.2 Å². The molecule has 0 aromatic heterocycles. The Kier molecular flexibility index (Phi) is 4.69. The van der Waals surface area contributed by atoms with Gasteiger partial charge in [-0.25, -0.2) is 4.79 Å². The van der Waals surface area contributed by atoms with Crippen LogP contribution in [0.2, 0.25) is 0 Å². The minimum absolute atomic E-state index is 0.106. The predicted molar refractivity (Wildman–Crippen MR) is 65.0 cm³/mol. The maximum atomic E-state index is 11.3. The minimum Gasteiger partial charge on any atom is -0.465 e. The topological polar surface area (TPSA) is 113 Å². The van der Waals surface area contributed by atoms with Gasteiger partial charge in [-0.2, -0.15) is 0 Å². The number of carbonyl (C=O) groups is 1. The average Bonchev–Trinajstić information content (AvgIpc) is 2.37. The van der Waals surface area contributed by atoms with Crippen molar-refractivity contribution in [1.29, 1.82) is 0 Å². The SMILES string of the molecule is COC(=O)/C(=C/c1ccc([N+](=O)[O-])cc1)C[N+](=O)[O-].